The molecule has 0 amide bonds. The molecule has 1 aliphatic rings. The number of hydrogen-bond acceptors (Lipinski definition) is 4. The number of nitrogens with one attached hydrogen (secondary N) is 1. The molecule has 1 unspecified atom stereocenters. The lowest BCUT2D eigenvalue weighted by atomic mass is 10.0. The van der Waals surface area contributed by atoms with Gasteiger partial charge in [0.2, 0.25) is 0 Å². The predicted octanol–water partition coefficient (Wildman–Crippen LogP) is 2.12. The van der Waals surface area contributed by atoms with Crippen molar-refractivity contribution in [3.63, 3.8) is 0 Å². The first-order valence-corrected chi connectivity index (χ1v) is 6.51. The first kappa shape index (κ1) is 13.3. The summed E-state index contributed by atoms with van der Waals surface area (Å²) < 4.78 is 5.91. The van der Waals surface area contributed by atoms with Gasteiger partial charge in [-0.1, -0.05) is 6.07 Å². The minimum Gasteiger partial charge on any atom is -0.373 e. The molecule has 1 N–H and O–H groups in total. The first-order chi connectivity index (χ1) is 8.48. The SMILES string of the molecule is CNc1ccc(CN2CC(C)OC(C)(C)C2)cn1. The van der Waals surface area contributed by atoms with E-state index in [4.69, 9.17) is 4.74 Å². The van der Waals surface area contributed by atoms with Crippen LogP contribution in [0.1, 0.15) is 26.3 Å². The van der Waals surface area contributed by atoms with Gasteiger partial charge in [-0.2, -0.15) is 0 Å². The molecule has 1 aromatic rings. The van der Waals surface area contributed by atoms with Crippen LogP contribution in [0.25, 0.3) is 0 Å². The fraction of sp³-hybridized carbons (Fsp3) is 0.643. The quantitative estimate of drug-likeness (QED) is 0.890. The molecule has 0 saturated carbocycles. The molecule has 1 atom stereocenters. The first-order valence-electron chi connectivity index (χ1n) is 6.51. The summed E-state index contributed by atoms with van der Waals surface area (Å²) in [5.41, 5.74) is 1.19. The lowest BCUT2D eigenvalue weighted by Crippen LogP contribution is -2.51. The maximum absolute atomic E-state index is 5.91. The Balaban J connectivity index is 1.99. The highest BCUT2D eigenvalue weighted by Gasteiger charge is 2.31. The molecule has 4 heteroatoms. The maximum Gasteiger partial charge on any atom is 0.125 e. The Kier molecular flexibility index (Phi) is 3.88. The normalized spacial score (nSPS) is 23.9. The topological polar surface area (TPSA) is 37.4 Å². The monoisotopic (exact) mass is 249 g/mol. The molecule has 0 aromatic carbocycles. The summed E-state index contributed by atoms with van der Waals surface area (Å²) in [6.45, 7) is 9.32. The van der Waals surface area contributed by atoms with Crippen LogP contribution in [0.2, 0.25) is 0 Å². The molecule has 2 rings (SSSR count). The molecular formula is C14H23N3O. The minimum absolute atomic E-state index is 0.0595. The summed E-state index contributed by atoms with van der Waals surface area (Å²) in [5.74, 6) is 0.912. The molecule has 1 aromatic heterocycles. The second-order valence-corrected chi connectivity index (χ2v) is 5.66. The smallest absolute Gasteiger partial charge is 0.125 e. The summed E-state index contributed by atoms with van der Waals surface area (Å²) in [7, 11) is 1.88. The molecule has 0 spiro atoms. The van der Waals surface area contributed by atoms with E-state index in [0.29, 0.717) is 6.10 Å². The van der Waals surface area contributed by atoms with Crippen molar-refractivity contribution < 1.29 is 4.74 Å². The third-order valence-electron chi connectivity index (χ3n) is 3.13. The van der Waals surface area contributed by atoms with Gasteiger partial charge in [-0.05, 0) is 32.4 Å². The molecule has 0 radical (unpaired) electrons. The Morgan fingerprint density at radius 1 is 1.50 bits per heavy atom. The Morgan fingerprint density at radius 2 is 2.28 bits per heavy atom. The van der Waals surface area contributed by atoms with Crippen molar-refractivity contribution in [2.45, 2.75) is 39.0 Å². The highest BCUT2D eigenvalue weighted by atomic mass is 16.5. The second-order valence-electron chi connectivity index (χ2n) is 5.66. The van der Waals surface area contributed by atoms with Crippen molar-refractivity contribution in [3.05, 3.63) is 23.9 Å². The number of ether oxygens (including phenoxy) is 1. The van der Waals surface area contributed by atoms with Crippen molar-refractivity contribution in [1.29, 1.82) is 0 Å². The molecule has 100 valence electrons. The molecule has 0 aliphatic carbocycles. The Labute approximate surface area is 109 Å². The zero-order chi connectivity index (χ0) is 13.2. The van der Waals surface area contributed by atoms with Crippen LogP contribution in [0, 0.1) is 0 Å². The lowest BCUT2D eigenvalue weighted by Gasteiger charge is -2.41. The summed E-state index contributed by atoms with van der Waals surface area (Å²) in [6.07, 6.45) is 2.23. The van der Waals surface area contributed by atoms with Crippen molar-refractivity contribution in [2.75, 3.05) is 25.5 Å². The zero-order valence-electron chi connectivity index (χ0n) is 11.7. The molecule has 18 heavy (non-hydrogen) atoms. The number of morpholine rings is 1. The number of pyridine rings is 1. The lowest BCUT2D eigenvalue weighted by molar-refractivity contribution is -0.130. The average molecular weight is 249 g/mol. The van der Waals surface area contributed by atoms with Crippen molar-refractivity contribution in [3.8, 4) is 0 Å². The Bertz CT molecular complexity index is 389. The van der Waals surface area contributed by atoms with Gasteiger partial charge in [0.05, 0.1) is 11.7 Å². The predicted molar refractivity (Wildman–Crippen MR) is 73.7 cm³/mol. The zero-order valence-corrected chi connectivity index (χ0v) is 11.7. The van der Waals surface area contributed by atoms with Gasteiger partial charge >= 0.3 is 0 Å². The second kappa shape index (κ2) is 5.24. The number of nitrogens with zero attached hydrogens (tertiary/aromatic N) is 2. The van der Waals surface area contributed by atoms with Crippen LogP contribution in [0.3, 0.4) is 0 Å². The van der Waals surface area contributed by atoms with Gasteiger partial charge in [-0.15, -0.1) is 0 Å². The van der Waals surface area contributed by atoms with Gasteiger partial charge in [0.25, 0.3) is 0 Å². The fourth-order valence-electron chi connectivity index (χ4n) is 2.63. The van der Waals surface area contributed by atoms with E-state index in [1.54, 1.807) is 0 Å². The van der Waals surface area contributed by atoms with E-state index in [0.717, 1.165) is 25.5 Å². The third-order valence-corrected chi connectivity index (χ3v) is 3.13. The van der Waals surface area contributed by atoms with Crippen molar-refractivity contribution in [1.82, 2.24) is 9.88 Å². The van der Waals surface area contributed by atoms with E-state index in [1.807, 2.05) is 19.3 Å². The van der Waals surface area contributed by atoms with Gasteiger partial charge in [0.1, 0.15) is 5.82 Å². The summed E-state index contributed by atoms with van der Waals surface area (Å²) in [5, 5.41) is 3.03. The molecule has 1 fully saturated rings. The van der Waals surface area contributed by atoms with E-state index < -0.39 is 0 Å². The van der Waals surface area contributed by atoms with Gasteiger partial charge in [0.15, 0.2) is 0 Å². The van der Waals surface area contributed by atoms with Gasteiger partial charge in [-0.3, -0.25) is 4.90 Å². The maximum atomic E-state index is 5.91. The number of aromatic nitrogens is 1. The molecule has 1 saturated heterocycles. The van der Waals surface area contributed by atoms with E-state index in [1.165, 1.54) is 5.56 Å². The highest BCUT2D eigenvalue weighted by Crippen LogP contribution is 2.22. The largest absolute Gasteiger partial charge is 0.373 e. The van der Waals surface area contributed by atoms with Gasteiger partial charge in [-0.25, -0.2) is 4.98 Å². The summed E-state index contributed by atoms with van der Waals surface area (Å²) >= 11 is 0. The van der Waals surface area contributed by atoms with Crippen molar-refractivity contribution in [2.24, 2.45) is 0 Å². The number of hydrogen-bond donors (Lipinski definition) is 1. The molecular weight excluding hydrogens is 226 g/mol. The fourth-order valence-corrected chi connectivity index (χ4v) is 2.63. The van der Waals surface area contributed by atoms with E-state index >= 15 is 0 Å². The summed E-state index contributed by atoms with van der Waals surface area (Å²) in [6, 6.07) is 4.15. The molecule has 0 bridgehead atoms. The average Bonchev–Trinajstić information content (AvgIpc) is 2.27. The number of anilines is 1. The van der Waals surface area contributed by atoms with Crippen molar-refractivity contribution >= 4 is 5.82 Å². The summed E-state index contributed by atoms with van der Waals surface area (Å²) in [4.78, 5) is 6.78. The minimum atomic E-state index is -0.0595. The Morgan fingerprint density at radius 3 is 2.83 bits per heavy atom. The van der Waals surface area contributed by atoms with Crippen LogP contribution in [0.15, 0.2) is 18.3 Å². The van der Waals surface area contributed by atoms with Crippen LogP contribution in [-0.2, 0) is 11.3 Å². The molecule has 4 nitrogen and oxygen atoms in total. The van der Waals surface area contributed by atoms with Crippen LogP contribution < -0.4 is 5.32 Å². The standard InChI is InChI=1S/C14H23N3O/c1-11-8-17(10-14(2,3)18-11)9-12-5-6-13(15-4)16-7-12/h5-7,11H,8-10H2,1-4H3,(H,15,16). The van der Waals surface area contributed by atoms with E-state index in [-0.39, 0.29) is 5.60 Å². The van der Waals surface area contributed by atoms with E-state index in [2.05, 4.69) is 42.0 Å². The van der Waals surface area contributed by atoms with Crippen LogP contribution in [0.5, 0.6) is 0 Å². The van der Waals surface area contributed by atoms with E-state index in [9.17, 15) is 0 Å². The van der Waals surface area contributed by atoms with Crippen LogP contribution in [-0.4, -0.2) is 41.7 Å². The van der Waals surface area contributed by atoms with Crippen LogP contribution in [0.4, 0.5) is 5.82 Å². The number of rotatable bonds is 3. The van der Waals surface area contributed by atoms with Gasteiger partial charge < -0.3 is 10.1 Å². The highest BCUT2D eigenvalue weighted by molar-refractivity contribution is 5.34. The Hall–Kier alpha value is -1.13. The van der Waals surface area contributed by atoms with Crippen LogP contribution >= 0.6 is 0 Å². The molecule has 1 aliphatic heterocycles. The van der Waals surface area contributed by atoms with Gasteiger partial charge in [0, 0.05) is 32.9 Å². The molecule has 2 heterocycles. The third kappa shape index (κ3) is 3.43.